The van der Waals surface area contributed by atoms with Gasteiger partial charge >= 0.3 is 5.63 Å². The Morgan fingerprint density at radius 2 is 2.21 bits per heavy atom. The van der Waals surface area contributed by atoms with Crippen molar-refractivity contribution in [1.29, 1.82) is 5.26 Å². The summed E-state index contributed by atoms with van der Waals surface area (Å²) < 4.78 is 5.03. The van der Waals surface area contributed by atoms with E-state index in [0.717, 1.165) is 10.5 Å². The SMILES string of the molecule is CCc1oc(=O)c(C#N)c(SC)c1C. The van der Waals surface area contributed by atoms with Crippen LogP contribution in [0.5, 0.6) is 0 Å². The van der Waals surface area contributed by atoms with E-state index in [1.807, 2.05) is 26.2 Å². The number of rotatable bonds is 2. The maximum Gasteiger partial charge on any atom is 0.355 e. The van der Waals surface area contributed by atoms with Gasteiger partial charge in [-0.05, 0) is 13.2 Å². The Morgan fingerprint density at radius 3 is 2.64 bits per heavy atom. The van der Waals surface area contributed by atoms with Crippen molar-refractivity contribution in [3.05, 3.63) is 27.3 Å². The predicted molar refractivity (Wildman–Crippen MR) is 55.6 cm³/mol. The Morgan fingerprint density at radius 1 is 1.57 bits per heavy atom. The molecule has 0 bridgehead atoms. The van der Waals surface area contributed by atoms with Crippen molar-refractivity contribution in [3.8, 4) is 6.07 Å². The van der Waals surface area contributed by atoms with Gasteiger partial charge in [-0.2, -0.15) is 5.26 Å². The number of hydrogen-bond donors (Lipinski definition) is 0. The average molecular weight is 209 g/mol. The lowest BCUT2D eigenvalue weighted by molar-refractivity contribution is 0.452. The first-order valence-electron chi connectivity index (χ1n) is 4.26. The lowest BCUT2D eigenvalue weighted by Gasteiger charge is -2.07. The minimum Gasteiger partial charge on any atom is -0.427 e. The number of hydrogen-bond acceptors (Lipinski definition) is 4. The molecule has 74 valence electrons. The summed E-state index contributed by atoms with van der Waals surface area (Å²) >= 11 is 1.41. The second-order valence-electron chi connectivity index (χ2n) is 2.81. The van der Waals surface area contributed by atoms with Gasteiger partial charge < -0.3 is 4.42 Å². The van der Waals surface area contributed by atoms with Gasteiger partial charge in [0.15, 0.2) is 5.56 Å². The smallest absolute Gasteiger partial charge is 0.355 e. The van der Waals surface area contributed by atoms with Gasteiger partial charge in [0.2, 0.25) is 0 Å². The summed E-state index contributed by atoms with van der Waals surface area (Å²) in [4.78, 5) is 12.1. The zero-order chi connectivity index (χ0) is 10.7. The molecular weight excluding hydrogens is 198 g/mol. The van der Waals surface area contributed by atoms with Crippen LogP contribution in [0.2, 0.25) is 0 Å². The van der Waals surface area contributed by atoms with Crippen molar-refractivity contribution >= 4 is 11.8 Å². The molecule has 0 aliphatic carbocycles. The highest BCUT2D eigenvalue weighted by Gasteiger charge is 2.14. The molecule has 0 amide bonds. The largest absolute Gasteiger partial charge is 0.427 e. The highest BCUT2D eigenvalue weighted by Crippen LogP contribution is 2.24. The average Bonchev–Trinajstić information content (AvgIpc) is 2.20. The molecular formula is C10H11NO2S. The van der Waals surface area contributed by atoms with Crippen molar-refractivity contribution < 1.29 is 4.42 Å². The molecule has 0 aliphatic rings. The minimum atomic E-state index is -0.528. The summed E-state index contributed by atoms with van der Waals surface area (Å²) in [7, 11) is 0. The fourth-order valence-corrected chi connectivity index (χ4v) is 2.09. The normalized spacial score (nSPS) is 9.86. The quantitative estimate of drug-likeness (QED) is 0.700. The summed E-state index contributed by atoms with van der Waals surface area (Å²) in [5.74, 6) is 0.665. The van der Waals surface area contributed by atoms with Crippen LogP contribution in [0.1, 0.15) is 23.8 Å². The van der Waals surface area contributed by atoms with E-state index in [9.17, 15) is 4.79 Å². The van der Waals surface area contributed by atoms with Crippen molar-refractivity contribution in [2.45, 2.75) is 25.2 Å². The molecule has 1 heterocycles. The van der Waals surface area contributed by atoms with Crippen LogP contribution in [0.4, 0.5) is 0 Å². The summed E-state index contributed by atoms with van der Waals surface area (Å²) in [6.07, 6.45) is 2.52. The second-order valence-corrected chi connectivity index (χ2v) is 3.63. The lowest BCUT2D eigenvalue weighted by Crippen LogP contribution is -2.10. The molecule has 1 aromatic heterocycles. The van der Waals surface area contributed by atoms with E-state index >= 15 is 0 Å². The summed E-state index contributed by atoms with van der Waals surface area (Å²) in [6.45, 7) is 3.79. The summed E-state index contributed by atoms with van der Waals surface area (Å²) in [5, 5.41) is 8.80. The number of nitrogens with zero attached hydrogens (tertiary/aromatic N) is 1. The molecule has 1 aromatic rings. The van der Waals surface area contributed by atoms with Gasteiger partial charge in [-0.25, -0.2) is 4.79 Å². The molecule has 0 aliphatic heterocycles. The monoisotopic (exact) mass is 209 g/mol. The zero-order valence-corrected chi connectivity index (χ0v) is 9.20. The molecule has 0 aromatic carbocycles. The van der Waals surface area contributed by atoms with Crippen LogP contribution in [0.25, 0.3) is 0 Å². The van der Waals surface area contributed by atoms with Crippen LogP contribution >= 0.6 is 11.8 Å². The molecule has 0 saturated carbocycles. The van der Waals surface area contributed by atoms with Crippen molar-refractivity contribution in [1.82, 2.24) is 0 Å². The molecule has 3 nitrogen and oxygen atoms in total. The van der Waals surface area contributed by atoms with E-state index in [-0.39, 0.29) is 5.56 Å². The fraction of sp³-hybridized carbons (Fsp3) is 0.400. The van der Waals surface area contributed by atoms with E-state index in [2.05, 4.69) is 0 Å². The van der Waals surface area contributed by atoms with E-state index in [4.69, 9.17) is 9.68 Å². The van der Waals surface area contributed by atoms with Gasteiger partial charge in [0.1, 0.15) is 11.8 Å². The molecule has 14 heavy (non-hydrogen) atoms. The highest BCUT2D eigenvalue weighted by atomic mass is 32.2. The Kier molecular flexibility index (Phi) is 3.37. The van der Waals surface area contributed by atoms with E-state index in [1.54, 1.807) is 0 Å². The summed E-state index contributed by atoms with van der Waals surface area (Å²) in [6, 6.07) is 1.88. The third kappa shape index (κ3) is 1.68. The molecule has 4 heteroatoms. The molecule has 0 N–H and O–H groups in total. The topological polar surface area (TPSA) is 54.0 Å². The van der Waals surface area contributed by atoms with Crippen LogP contribution in [0.3, 0.4) is 0 Å². The predicted octanol–water partition coefficient (Wildman–Crippen LogP) is 2.10. The van der Waals surface area contributed by atoms with Crippen molar-refractivity contribution in [2.75, 3.05) is 6.26 Å². The third-order valence-corrected chi connectivity index (χ3v) is 2.96. The van der Waals surface area contributed by atoms with Crippen LogP contribution in [-0.2, 0) is 6.42 Å². The first kappa shape index (κ1) is 10.9. The first-order valence-corrected chi connectivity index (χ1v) is 5.48. The van der Waals surface area contributed by atoms with Crippen LogP contribution in [0, 0.1) is 18.3 Å². The zero-order valence-electron chi connectivity index (χ0n) is 8.38. The van der Waals surface area contributed by atoms with Crippen molar-refractivity contribution in [2.24, 2.45) is 0 Å². The standard InChI is InChI=1S/C10H11NO2S/c1-4-8-6(2)9(14-3)7(5-11)10(12)13-8/h4H2,1-3H3. The minimum absolute atomic E-state index is 0.118. The van der Waals surface area contributed by atoms with Crippen LogP contribution in [-0.4, -0.2) is 6.26 Å². The molecule has 0 spiro atoms. The number of aryl methyl sites for hydroxylation is 1. The molecule has 0 unspecified atom stereocenters. The van der Waals surface area contributed by atoms with E-state index < -0.39 is 5.63 Å². The van der Waals surface area contributed by atoms with E-state index in [0.29, 0.717) is 12.2 Å². The lowest BCUT2D eigenvalue weighted by atomic mass is 10.1. The Bertz CT molecular complexity index is 443. The third-order valence-electron chi connectivity index (χ3n) is 2.04. The Balaban J connectivity index is 3.59. The molecule has 0 atom stereocenters. The van der Waals surface area contributed by atoms with E-state index in [1.165, 1.54) is 11.8 Å². The van der Waals surface area contributed by atoms with Crippen LogP contribution in [0.15, 0.2) is 14.1 Å². The van der Waals surface area contributed by atoms with Gasteiger partial charge in [0.05, 0.1) is 0 Å². The van der Waals surface area contributed by atoms with Gasteiger partial charge in [-0.15, -0.1) is 11.8 Å². The van der Waals surface area contributed by atoms with Crippen molar-refractivity contribution in [3.63, 3.8) is 0 Å². The molecule has 1 rings (SSSR count). The highest BCUT2D eigenvalue weighted by molar-refractivity contribution is 7.98. The van der Waals surface area contributed by atoms with Gasteiger partial charge in [-0.3, -0.25) is 0 Å². The van der Waals surface area contributed by atoms with Crippen LogP contribution < -0.4 is 5.63 Å². The molecule has 0 fully saturated rings. The van der Waals surface area contributed by atoms with Gasteiger partial charge in [-0.1, -0.05) is 6.92 Å². The number of nitriles is 1. The maximum atomic E-state index is 11.4. The summed E-state index contributed by atoms with van der Waals surface area (Å²) in [5.41, 5.74) is 0.489. The number of thioether (sulfide) groups is 1. The Hall–Kier alpha value is -1.21. The van der Waals surface area contributed by atoms with Gasteiger partial charge in [0.25, 0.3) is 0 Å². The molecule has 0 radical (unpaired) electrons. The maximum absolute atomic E-state index is 11.4. The first-order chi connectivity index (χ1) is 6.65. The Labute approximate surface area is 86.7 Å². The second kappa shape index (κ2) is 4.34. The molecule has 0 saturated heterocycles. The fourth-order valence-electron chi connectivity index (χ4n) is 1.34. The van der Waals surface area contributed by atoms with Gasteiger partial charge in [0, 0.05) is 16.9 Å².